The van der Waals surface area contributed by atoms with Gasteiger partial charge in [-0.2, -0.15) is 0 Å². The van der Waals surface area contributed by atoms with Gasteiger partial charge in [-0.1, -0.05) is 19.1 Å². The van der Waals surface area contributed by atoms with E-state index in [-0.39, 0.29) is 22.4 Å². The van der Waals surface area contributed by atoms with Crippen LogP contribution in [0.1, 0.15) is 64.7 Å². The van der Waals surface area contributed by atoms with Gasteiger partial charge < -0.3 is 19.3 Å². The van der Waals surface area contributed by atoms with Crippen LogP contribution in [0.2, 0.25) is 0 Å². The molecule has 6 aliphatic rings. The zero-order chi connectivity index (χ0) is 18.5. The quantitative estimate of drug-likeness (QED) is 0.590. The highest BCUT2D eigenvalue weighted by Gasteiger charge is 2.79. The molecular weight excluding hydrogens is 340 g/mol. The van der Waals surface area contributed by atoms with Gasteiger partial charge in [0.15, 0.2) is 5.79 Å². The van der Waals surface area contributed by atoms with Gasteiger partial charge in [0.2, 0.25) is 0 Å². The minimum Gasteiger partial charge on any atom is -0.389 e. The fraction of sp³-hybridized carbons (Fsp3) is 0.826. The molecule has 3 saturated carbocycles. The van der Waals surface area contributed by atoms with Crippen LogP contribution in [-0.2, 0) is 14.2 Å². The molecule has 0 aromatic heterocycles. The van der Waals surface area contributed by atoms with Gasteiger partial charge in [-0.25, -0.2) is 0 Å². The lowest BCUT2D eigenvalue weighted by Gasteiger charge is -2.52. The Kier molecular flexibility index (Phi) is 3.23. The van der Waals surface area contributed by atoms with Gasteiger partial charge in [-0.15, -0.1) is 6.58 Å². The molecule has 1 spiro atoms. The van der Waals surface area contributed by atoms with E-state index in [0.29, 0.717) is 18.3 Å². The van der Waals surface area contributed by atoms with E-state index >= 15 is 0 Å². The number of hydrogen-bond donors (Lipinski definition) is 1. The molecule has 2 saturated heterocycles. The molecule has 5 fully saturated rings. The number of hydrogen-bond acceptors (Lipinski definition) is 4. The number of rotatable bonds is 2. The summed E-state index contributed by atoms with van der Waals surface area (Å²) in [5.41, 5.74) is 0.819. The van der Waals surface area contributed by atoms with Crippen molar-refractivity contribution in [3.05, 3.63) is 24.3 Å². The fourth-order valence-electron chi connectivity index (χ4n) is 8.01. The van der Waals surface area contributed by atoms with E-state index in [2.05, 4.69) is 19.6 Å². The maximum Gasteiger partial charge on any atom is 0.171 e. The smallest absolute Gasteiger partial charge is 0.171 e. The first-order valence-corrected chi connectivity index (χ1v) is 10.9. The number of aliphatic hydroxyl groups is 1. The van der Waals surface area contributed by atoms with E-state index in [0.717, 1.165) is 58.2 Å². The van der Waals surface area contributed by atoms with Gasteiger partial charge in [0.25, 0.3) is 0 Å². The predicted octanol–water partition coefficient (Wildman–Crippen LogP) is 3.88. The van der Waals surface area contributed by atoms with E-state index in [1.165, 1.54) is 6.42 Å². The summed E-state index contributed by atoms with van der Waals surface area (Å²) >= 11 is 0. The zero-order valence-electron chi connectivity index (χ0n) is 16.5. The molecule has 1 N–H and O–H groups in total. The van der Waals surface area contributed by atoms with Crippen LogP contribution >= 0.6 is 0 Å². The van der Waals surface area contributed by atoms with Crippen molar-refractivity contribution in [2.75, 3.05) is 13.2 Å². The highest BCUT2D eigenvalue weighted by atomic mass is 16.7. The van der Waals surface area contributed by atoms with Gasteiger partial charge in [0, 0.05) is 18.3 Å². The van der Waals surface area contributed by atoms with Crippen LogP contribution in [0.25, 0.3) is 0 Å². The SMILES string of the molecule is C=CC[C@]1(O)CC[C@H]2[C@@H]3CC[C@@]45CC6(CC[C@@]4(O5)C3=CC[C@@]21C)OCCO6. The summed E-state index contributed by atoms with van der Waals surface area (Å²) in [5, 5.41) is 11.4. The molecule has 4 aliphatic carbocycles. The van der Waals surface area contributed by atoms with Crippen LogP contribution in [0.4, 0.5) is 0 Å². The van der Waals surface area contributed by atoms with E-state index in [9.17, 15) is 5.11 Å². The largest absolute Gasteiger partial charge is 0.389 e. The minimum absolute atomic E-state index is 0.0333. The third-order valence-electron chi connectivity index (χ3n) is 9.48. The molecule has 27 heavy (non-hydrogen) atoms. The van der Waals surface area contributed by atoms with Crippen LogP contribution < -0.4 is 0 Å². The van der Waals surface area contributed by atoms with Crippen LogP contribution in [-0.4, -0.2) is 40.9 Å². The molecule has 6 rings (SSSR count). The van der Waals surface area contributed by atoms with Crippen LogP contribution in [0, 0.1) is 17.3 Å². The van der Waals surface area contributed by atoms with Crippen LogP contribution in [0.3, 0.4) is 0 Å². The number of epoxide rings is 1. The lowest BCUT2D eigenvalue weighted by Crippen LogP contribution is -2.54. The van der Waals surface area contributed by atoms with E-state index in [1.807, 2.05) is 6.08 Å². The molecule has 0 radical (unpaired) electrons. The Labute approximate surface area is 161 Å². The van der Waals surface area contributed by atoms with Gasteiger partial charge in [0.1, 0.15) is 11.2 Å². The summed E-state index contributed by atoms with van der Waals surface area (Å²) in [6, 6.07) is 0. The first kappa shape index (κ1) is 17.2. The summed E-state index contributed by atoms with van der Waals surface area (Å²) in [5.74, 6) is 0.750. The maximum absolute atomic E-state index is 11.4. The molecule has 0 unspecified atom stereocenters. The van der Waals surface area contributed by atoms with Crippen molar-refractivity contribution in [3.63, 3.8) is 0 Å². The van der Waals surface area contributed by atoms with Crippen molar-refractivity contribution < 1.29 is 19.3 Å². The Hall–Kier alpha value is -0.680. The highest BCUT2D eigenvalue weighted by Crippen LogP contribution is 2.74. The number of ether oxygens (including phenoxy) is 3. The average Bonchev–Trinajstić information content (AvgIpc) is 2.99. The summed E-state index contributed by atoms with van der Waals surface area (Å²) in [6.07, 6.45) is 13.2. The number of fused-ring (bicyclic) bond motifs is 3. The van der Waals surface area contributed by atoms with Gasteiger partial charge in [-0.3, -0.25) is 0 Å². The average molecular weight is 373 g/mol. The first-order chi connectivity index (χ1) is 12.9. The van der Waals surface area contributed by atoms with Gasteiger partial charge in [-0.05, 0) is 62.4 Å². The molecule has 0 aromatic carbocycles. The Morgan fingerprint density at radius 3 is 2.78 bits per heavy atom. The topological polar surface area (TPSA) is 51.2 Å². The molecule has 0 aromatic rings. The summed E-state index contributed by atoms with van der Waals surface area (Å²) in [4.78, 5) is 0. The van der Waals surface area contributed by atoms with Crippen molar-refractivity contribution in [2.24, 2.45) is 17.3 Å². The lowest BCUT2D eigenvalue weighted by molar-refractivity contribution is -0.185. The van der Waals surface area contributed by atoms with Crippen LogP contribution in [0.5, 0.6) is 0 Å². The normalized spacial score (nSPS) is 54.5. The molecule has 148 valence electrons. The molecule has 4 heteroatoms. The summed E-state index contributed by atoms with van der Waals surface area (Å²) in [7, 11) is 0. The third kappa shape index (κ3) is 1.89. The highest BCUT2D eigenvalue weighted by molar-refractivity contribution is 5.43. The third-order valence-corrected chi connectivity index (χ3v) is 9.48. The Bertz CT molecular complexity index is 724. The number of allylic oxidation sites excluding steroid dienone is 1. The van der Waals surface area contributed by atoms with Crippen molar-refractivity contribution in [1.82, 2.24) is 0 Å². The van der Waals surface area contributed by atoms with Crippen molar-refractivity contribution >= 4 is 0 Å². The fourth-order valence-corrected chi connectivity index (χ4v) is 8.01. The summed E-state index contributed by atoms with van der Waals surface area (Å²) in [6.45, 7) is 7.67. The summed E-state index contributed by atoms with van der Waals surface area (Å²) < 4.78 is 18.7. The van der Waals surface area contributed by atoms with E-state index in [1.54, 1.807) is 5.57 Å². The van der Waals surface area contributed by atoms with Gasteiger partial charge in [0.05, 0.1) is 18.8 Å². The monoisotopic (exact) mass is 372 g/mol. The molecule has 0 bridgehead atoms. The minimum atomic E-state index is -0.597. The predicted molar refractivity (Wildman–Crippen MR) is 101 cm³/mol. The lowest BCUT2D eigenvalue weighted by atomic mass is 9.52. The van der Waals surface area contributed by atoms with E-state index < -0.39 is 5.60 Å². The standard InChI is InChI=1S/C23H32O4/c1-3-7-20(24)9-6-17-16-4-10-21-15-22(25-13-14-26-22)11-12-23(21,27-21)18(16)5-8-19(17,20)2/h3,5,16-17,24H,1,4,6-15H2,2H3/t16-,17-,19-,20-,21+,23+/m0/s1. The van der Waals surface area contributed by atoms with E-state index in [4.69, 9.17) is 14.2 Å². The second-order valence-electron chi connectivity index (χ2n) is 10.3. The second kappa shape index (κ2) is 5.08. The Morgan fingerprint density at radius 1 is 1.19 bits per heavy atom. The molecule has 2 aliphatic heterocycles. The van der Waals surface area contributed by atoms with Crippen LogP contribution in [0.15, 0.2) is 24.3 Å². The zero-order valence-corrected chi connectivity index (χ0v) is 16.5. The van der Waals surface area contributed by atoms with Crippen molar-refractivity contribution in [2.45, 2.75) is 87.3 Å². The van der Waals surface area contributed by atoms with Gasteiger partial charge >= 0.3 is 0 Å². The Balaban J connectivity index is 1.34. The molecule has 4 nitrogen and oxygen atoms in total. The molecule has 0 amide bonds. The molecular formula is C23H32O4. The van der Waals surface area contributed by atoms with Crippen molar-refractivity contribution in [3.8, 4) is 0 Å². The maximum atomic E-state index is 11.4. The molecule has 2 heterocycles. The second-order valence-corrected chi connectivity index (χ2v) is 10.3. The Morgan fingerprint density at radius 2 is 2.00 bits per heavy atom. The molecule has 6 atom stereocenters. The first-order valence-electron chi connectivity index (χ1n) is 10.9. The van der Waals surface area contributed by atoms with Crippen molar-refractivity contribution in [1.29, 1.82) is 0 Å².